The third-order valence-electron chi connectivity index (χ3n) is 4.75. The number of hydrogen-bond acceptors (Lipinski definition) is 4. The summed E-state index contributed by atoms with van der Waals surface area (Å²) < 4.78 is 10.9. The molecule has 0 saturated heterocycles. The van der Waals surface area contributed by atoms with Gasteiger partial charge in [0.2, 0.25) is 5.91 Å². The molecule has 0 spiro atoms. The average Bonchev–Trinajstić information content (AvgIpc) is 3.57. The molecule has 0 aliphatic heterocycles. The zero-order chi connectivity index (χ0) is 20.1. The van der Waals surface area contributed by atoms with E-state index in [0.29, 0.717) is 35.9 Å². The summed E-state index contributed by atoms with van der Waals surface area (Å²) in [7, 11) is 3.31. The number of nitrogens with one attached hydrogen (secondary N) is 1. The fourth-order valence-electron chi connectivity index (χ4n) is 3.06. The largest absolute Gasteiger partial charge is 0.493 e. The molecule has 1 aliphatic carbocycles. The van der Waals surface area contributed by atoms with E-state index in [9.17, 15) is 9.59 Å². The molecule has 2 aromatic rings. The van der Waals surface area contributed by atoms with Crippen molar-refractivity contribution in [3.8, 4) is 11.5 Å². The topological polar surface area (TPSA) is 67.9 Å². The lowest BCUT2D eigenvalue weighted by molar-refractivity contribution is -0.119. The predicted octanol–water partition coefficient (Wildman–Crippen LogP) is 3.40. The minimum Gasteiger partial charge on any atom is -0.493 e. The third-order valence-corrected chi connectivity index (χ3v) is 4.75. The lowest BCUT2D eigenvalue weighted by Crippen LogP contribution is -2.31. The second kappa shape index (κ2) is 8.78. The molecule has 0 unspecified atom stereocenters. The minimum absolute atomic E-state index is 0.0662. The molecule has 0 heterocycles. The van der Waals surface area contributed by atoms with Crippen LogP contribution in [0.3, 0.4) is 0 Å². The van der Waals surface area contributed by atoms with E-state index >= 15 is 0 Å². The van der Waals surface area contributed by atoms with Crippen molar-refractivity contribution in [3.63, 3.8) is 0 Å². The molecule has 6 heteroatoms. The zero-order valence-corrected chi connectivity index (χ0v) is 16.5. The van der Waals surface area contributed by atoms with Crippen LogP contribution in [0.25, 0.3) is 0 Å². The predicted molar refractivity (Wildman–Crippen MR) is 108 cm³/mol. The van der Waals surface area contributed by atoms with Gasteiger partial charge >= 0.3 is 0 Å². The van der Waals surface area contributed by atoms with Gasteiger partial charge in [0.05, 0.1) is 25.0 Å². The van der Waals surface area contributed by atoms with Crippen LogP contribution in [0.2, 0.25) is 0 Å². The fourth-order valence-corrected chi connectivity index (χ4v) is 3.06. The summed E-state index contributed by atoms with van der Waals surface area (Å²) in [5.41, 5.74) is 2.01. The number of hydrogen-bond donors (Lipinski definition) is 1. The second-order valence-electron chi connectivity index (χ2n) is 6.79. The molecular weight excluding hydrogens is 356 g/mol. The van der Waals surface area contributed by atoms with Crippen molar-refractivity contribution in [3.05, 3.63) is 53.6 Å². The maximum atomic E-state index is 12.8. The van der Waals surface area contributed by atoms with Crippen LogP contribution in [0.4, 0.5) is 5.69 Å². The first-order chi connectivity index (χ1) is 13.5. The summed E-state index contributed by atoms with van der Waals surface area (Å²) in [5.74, 6) is 1.24. The van der Waals surface area contributed by atoms with Crippen LogP contribution in [-0.2, 0) is 11.3 Å². The third kappa shape index (κ3) is 4.44. The number of amides is 2. The van der Waals surface area contributed by atoms with Crippen LogP contribution in [0.5, 0.6) is 11.5 Å². The van der Waals surface area contributed by atoms with Gasteiger partial charge in [-0.15, -0.1) is 0 Å². The van der Waals surface area contributed by atoms with Crippen LogP contribution >= 0.6 is 0 Å². The van der Waals surface area contributed by atoms with Gasteiger partial charge < -0.3 is 19.7 Å². The molecule has 2 amide bonds. The molecule has 1 N–H and O–H groups in total. The van der Waals surface area contributed by atoms with Crippen LogP contribution in [-0.4, -0.2) is 32.6 Å². The number of nitrogens with zero attached hydrogens (tertiary/aromatic N) is 1. The quantitative estimate of drug-likeness (QED) is 0.760. The summed E-state index contributed by atoms with van der Waals surface area (Å²) in [5, 5.41) is 2.92. The van der Waals surface area contributed by atoms with E-state index in [-0.39, 0.29) is 17.7 Å². The molecule has 0 aromatic heterocycles. The fraction of sp³-hybridized carbons (Fsp3) is 0.364. The Morgan fingerprint density at radius 1 is 1.14 bits per heavy atom. The normalized spacial score (nSPS) is 13.0. The molecule has 0 bridgehead atoms. The van der Waals surface area contributed by atoms with Crippen molar-refractivity contribution >= 4 is 17.5 Å². The summed E-state index contributed by atoms with van der Waals surface area (Å²) >= 11 is 0. The van der Waals surface area contributed by atoms with E-state index in [1.54, 1.807) is 37.3 Å². The van der Waals surface area contributed by atoms with Crippen LogP contribution < -0.4 is 19.7 Å². The van der Waals surface area contributed by atoms with Crippen LogP contribution in [0.1, 0.15) is 35.7 Å². The van der Waals surface area contributed by atoms with Crippen molar-refractivity contribution in [2.75, 3.05) is 25.7 Å². The summed E-state index contributed by atoms with van der Waals surface area (Å²) in [6, 6.07) is 12.7. The number of para-hydroxylation sites is 1. The van der Waals surface area contributed by atoms with Crippen LogP contribution in [0, 0.1) is 5.92 Å². The number of rotatable bonds is 8. The van der Waals surface area contributed by atoms with Gasteiger partial charge in [-0.3, -0.25) is 9.59 Å². The Balaban J connectivity index is 1.71. The maximum absolute atomic E-state index is 12.8. The highest BCUT2D eigenvalue weighted by Gasteiger charge is 2.33. The number of ether oxygens (including phenoxy) is 2. The van der Waals surface area contributed by atoms with Crippen molar-refractivity contribution < 1.29 is 19.1 Å². The molecule has 0 radical (unpaired) electrons. The lowest BCUT2D eigenvalue weighted by atomic mass is 10.1. The number of benzene rings is 2. The average molecular weight is 382 g/mol. The molecule has 0 atom stereocenters. The first-order valence-corrected chi connectivity index (χ1v) is 9.49. The number of anilines is 1. The summed E-state index contributed by atoms with van der Waals surface area (Å²) in [4.78, 5) is 26.7. The van der Waals surface area contributed by atoms with Crippen LogP contribution in [0.15, 0.2) is 42.5 Å². The van der Waals surface area contributed by atoms with Gasteiger partial charge in [0.25, 0.3) is 5.91 Å². The van der Waals surface area contributed by atoms with E-state index in [1.165, 1.54) is 0 Å². The molecule has 148 valence electrons. The Hall–Kier alpha value is -3.02. The van der Waals surface area contributed by atoms with Gasteiger partial charge in [-0.05, 0) is 49.6 Å². The van der Waals surface area contributed by atoms with Gasteiger partial charge in [-0.2, -0.15) is 0 Å². The molecule has 28 heavy (non-hydrogen) atoms. The lowest BCUT2D eigenvalue weighted by Gasteiger charge is -2.20. The Morgan fingerprint density at radius 3 is 2.57 bits per heavy atom. The second-order valence-corrected chi connectivity index (χ2v) is 6.79. The highest BCUT2D eigenvalue weighted by Crippen LogP contribution is 2.33. The molecule has 1 saturated carbocycles. The summed E-state index contributed by atoms with van der Waals surface area (Å²) in [6.07, 6.45) is 1.86. The smallest absolute Gasteiger partial charge is 0.253 e. The first kappa shape index (κ1) is 19.7. The Morgan fingerprint density at radius 2 is 1.89 bits per heavy atom. The van der Waals surface area contributed by atoms with E-state index < -0.39 is 0 Å². The van der Waals surface area contributed by atoms with E-state index in [2.05, 4.69) is 5.32 Å². The monoisotopic (exact) mass is 382 g/mol. The Bertz CT molecular complexity index is 861. The number of carbonyl (C=O) groups is 2. The Labute approximate surface area is 165 Å². The molecule has 1 aliphatic rings. The molecule has 6 nitrogen and oxygen atoms in total. The van der Waals surface area contributed by atoms with Crippen molar-refractivity contribution in [2.45, 2.75) is 26.3 Å². The minimum atomic E-state index is -0.223. The standard InChI is InChI=1S/C22H26N2O4/c1-4-28-19-12-9-15(13-20(19)27-3)14-23-21(25)17-7-5-6-8-18(17)24(2)22(26)16-10-11-16/h5-9,12-13,16H,4,10-11,14H2,1-3H3,(H,23,25). The Kier molecular flexibility index (Phi) is 6.19. The molecule has 3 rings (SSSR count). The van der Waals surface area contributed by atoms with Gasteiger partial charge in [0, 0.05) is 19.5 Å². The van der Waals surface area contributed by atoms with Crippen molar-refractivity contribution in [1.29, 1.82) is 0 Å². The highest BCUT2D eigenvalue weighted by molar-refractivity contribution is 6.05. The number of carbonyl (C=O) groups excluding carboxylic acids is 2. The SMILES string of the molecule is CCOc1ccc(CNC(=O)c2ccccc2N(C)C(=O)C2CC2)cc1OC. The molecular formula is C22H26N2O4. The van der Waals surface area contributed by atoms with Gasteiger partial charge in [0.1, 0.15) is 0 Å². The summed E-state index contributed by atoms with van der Waals surface area (Å²) in [6.45, 7) is 2.81. The van der Waals surface area contributed by atoms with E-state index in [0.717, 1.165) is 18.4 Å². The zero-order valence-electron chi connectivity index (χ0n) is 16.5. The first-order valence-electron chi connectivity index (χ1n) is 9.49. The van der Waals surface area contributed by atoms with Crippen molar-refractivity contribution in [1.82, 2.24) is 5.32 Å². The van der Waals surface area contributed by atoms with E-state index in [1.807, 2.05) is 31.2 Å². The van der Waals surface area contributed by atoms with Gasteiger partial charge in [-0.1, -0.05) is 18.2 Å². The molecule has 2 aromatic carbocycles. The van der Waals surface area contributed by atoms with Gasteiger partial charge in [-0.25, -0.2) is 0 Å². The molecule has 1 fully saturated rings. The highest BCUT2D eigenvalue weighted by atomic mass is 16.5. The number of methoxy groups -OCH3 is 1. The maximum Gasteiger partial charge on any atom is 0.253 e. The van der Waals surface area contributed by atoms with E-state index in [4.69, 9.17) is 9.47 Å². The van der Waals surface area contributed by atoms with Gasteiger partial charge in [0.15, 0.2) is 11.5 Å². The van der Waals surface area contributed by atoms with Crippen molar-refractivity contribution in [2.24, 2.45) is 5.92 Å².